The van der Waals surface area contributed by atoms with Crippen LogP contribution in [-0.2, 0) is 16.0 Å². The molecule has 8 heteroatoms. The maximum atomic E-state index is 13.8. The fourth-order valence-corrected chi connectivity index (χ4v) is 5.05. The van der Waals surface area contributed by atoms with Crippen molar-refractivity contribution in [1.82, 2.24) is 5.32 Å². The van der Waals surface area contributed by atoms with Crippen LogP contribution in [0, 0.1) is 17.6 Å². The Balaban J connectivity index is 1.62. The first kappa shape index (κ1) is 25.3. The summed E-state index contributed by atoms with van der Waals surface area (Å²) in [6.45, 7) is 3.45. The standard InChI is InChI=1S/C26H23AsF2NO4/c1-15(2)24(26(33)34)30-25(32)18-5-3-16(4-6-18)17-7-10-20(11-8-17)27-23(31)13-19-9-12-21(28)14-22(19)29/h3-12,14-15,24H,13H2,1-2H3,(H,30,32)(H,33,34)/t24-/m0/s1. The second kappa shape index (κ2) is 11.2. The van der Waals surface area contributed by atoms with E-state index in [1.807, 2.05) is 24.3 Å². The summed E-state index contributed by atoms with van der Waals surface area (Å²) >= 11 is -0.834. The van der Waals surface area contributed by atoms with E-state index in [2.05, 4.69) is 5.32 Å². The zero-order chi connectivity index (χ0) is 24.8. The van der Waals surface area contributed by atoms with Crippen LogP contribution in [0.1, 0.15) is 29.8 Å². The van der Waals surface area contributed by atoms with E-state index in [4.69, 9.17) is 0 Å². The smallest absolute Gasteiger partial charge is 0.480 e. The zero-order valence-electron chi connectivity index (χ0n) is 18.6. The first-order valence-electron chi connectivity index (χ1n) is 10.6. The van der Waals surface area contributed by atoms with E-state index in [9.17, 15) is 28.3 Å². The molecule has 0 saturated heterocycles. The molecule has 0 aliphatic rings. The second-order valence-corrected chi connectivity index (χ2v) is 10.7. The van der Waals surface area contributed by atoms with Gasteiger partial charge >= 0.3 is 179 Å². The normalized spacial score (nSPS) is 12.1. The fraction of sp³-hybridized carbons (Fsp3) is 0.192. The van der Waals surface area contributed by atoms with E-state index in [1.165, 1.54) is 6.07 Å². The molecule has 0 bridgehead atoms. The molecule has 1 radical (unpaired) electrons. The molecule has 0 spiro atoms. The third kappa shape index (κ3) is 6.61. The average molecular weight is 526 g/mol. The molecule has 34 heavy (non-hydrogen) atoms. The molecule has 3 aromatic rings. The van der Waals surface area contributed by atoms with Gasteiger partial charge in [-0.2, -0.15) is 0 Å². The molecule has 1 amide bonds. The number of nitrogens with one attached hydrogen (secondary N) is 1. The number of hydrogen-bond donors (Lipinski definition) is 2. The van der Waals surface area contributed by atoms with Crippen LogP contribution >= 0.6 is 0 Å². The number of amides is 1. The summed E-state index contributed by atoms with van der Waals surface area (Å²) in [4.78, 5) is 36.0. The average Bonchev–Trinajstić information content (AvgIpc) is 2.79. The van der Waals surface area contributed by atoms with E-state index in [0.29, 0.717) is 5.56 Å². The summed E-state index contributed by atoms with van der Waals surface area (Å²) in [6, 6.07) is 16.5. The van der Waals surface area contributed by atoms with Crippen molar-refractivity contribution in [3.63, 3.8) is 0 Å². The number of rotatable bonds is 9. The Hall–Kier alpha value is -3.31. The number of halogens is 2. The first-order chi connectivity index (χ1) is 16.1. The van der Waals surface area contributed by atoms with E-state index in [-0.39, 0.29) is 22.5 Å². The van der Waals surface area contributed by atoms with Crippen LogP contribution in [0.3, 0.4) is 0 Å². The molecule has 0 saturated carbocycles. The monoisotopic (exact) mass is 526 g/mol. The van der Waals surface area contributed by atoms with Crippen molar-refractivity contribution in [3.8, 4) is 11.1 Å². The van der Waals surface area contributed by atoms with Gasteiger partial charge in [-0.15, -0.1) is 0 Å². The molecule has 0 aliphatic carbocycles. The molecular formula is C26H23AsF2NO4. The molecule has 3 aromatic carbocycles. The predicted octanol–water partition coefficient (Wildman–Crippen LogP) is 3.57. The van der Waals surface area contributed by atoms with Gasteiger partial charge in [0.25, 0.3) is 0 Å². The number of carboxylic acid groups (broad SMARTS) is 1. The number of benzene rings is 3. The van der Waals surface area contributed by atoms with E-state index < -0.39 is 45.3 Å². The van der Waals surface area contributed by atoms with E-state index in [1.54, 1.807) is 38.1 Å². The fourth-order valence-electron chi connectivity index (χ4n) is 3.29. The third-order valence-electron chi connectivity index (χ3n) is 5.18. The number of carbonyl (C=O) groups is 3. The molecule has 0 aliphatic heterocycles. The Morgan fingerprint density at radius 2 is 1.50 bits per heavy atom. The van der Waals surface area contributed by atoms with Gasteiger partial charge in [0.05, 0.1) is 0 Å². The quantitative estimate of drug-likeness (QED) is 0.418. The van der Waals surface area contributed by atoms with Gasteiger partial charge in [-0.3, -0.25) is 0 Å². The minimum absolute atomic E-state index is 0.0725. The minimum Gasteiger partial charge on any atom is -0.480 e. The van der Waals surface area contributed by atoms with Gasteiger partial charge in [0.15, 0.2) is 0 Å². The van der Waals surface area contributed by atoms with E-state index in [0.717, 1.165) is 27.6 Å². The van der Waals surface area contributed by atoms with Gasteiger partial charge in [-0.25, -0.2) is 4.79 Å². The van der Waals surface area contributed by atoms with Gasteiger partial charge in [0.2, 0.25) is 0 Å². The van der Waals surface area contributed by atoms with Crippen molar-refractivity contribution in [3.05, 3.63) is 89.5 Å². The molecule has 0 fully saturated rings. The number of aliphatic carboxylic acids is 1. The Morgan fingerprint density at radius 3 is 2.03 bits per heavy atom. The van der Waals surface area contributed by atoms with Gasteiger partial charge in [-0.1, -0.05) is 13.8 Å². The summed E-state index contributed by atoms with van der Waals surface area (Å²) in [6.07, 6.45) is -0.0725. The van der Waals surface area contributed by atoms with Gasteiger partial charge < -0.3 is 5.11 Å². The Labute approximate surface area is 202 Å². The third-order valence-corrected chi connectivity index (χ3v) is 7.20. The molecular weight excluding hydrogens is 503 g/mol. The Morgan fingerprint density at radius 1 is 0.912 bits per heavy atom. The van der Waals surface area contributed by atoms with Crippen molar-refractivity contribution in [1.29, 1.82) is 0 Å². The summed E-state index contributed by atoms with van der Waals surface area (Å²) in [5, 5.41) is 11.8. The molecule has 175 valence electrons. The predicted molar refractivity (Wildman–Crippen MR) is 126 cm³/mol. The second-order valence-electron chi connectivity index (χ2n) is 8.08. The number of hydrogen-bond acceptors (Lipinski definition) is 3. The van der Waals surface area contributed by atoms with E-state index >= 15 is 0 Å². The number of carboxylic acids is 1. The summed E-state index contributed by atoms with van der Waals surface area (Å²) in [5.74, 6) is -3.17. The van der Waals surface area contributed by atoms with Crippen molar-refractivity contribution in [2.75, 3.05) is 0 Å². The van der Waals surface area contributed by atoms with Crippen molar-refractivity contribution in [2.24, 2.45) is 5.92 Å². The molecule has 3 rings (SSSR count). The SMILES string of the molecule is CC(C)[C@H](NC(=O)c1ccc(-c2ccc([As]C(=O)Cc3ccc(F)cc3F)cc2)cc1)C(=O)O. The van der Waals surface area contributed by atoms with Gasteiger partial charge in [-0.05, 0) is 0 Å². The van der Waals surface area contributed by atoms with Crippen LogP contribution in [0.2, 0.25) is 0 Å². The van der Waals surface area contributed by atoms with Gasteiger partial charge in [0, 0.05) is 0 Å². The Bertz CT molecular complexity index is 1190. The minimum atomic E-state index is -1.08. The maximum absolute atomic E-state index is 13.8. The van der Waals surface area contributed by atoms with Crippen molar-refractivity contribution < 1.29 is 28.3 Å². The van der Waals surface area contributed by atoms with Crippen LogP contribution < -0.4 is 9.67 Å². The molecule has 2 N–H and O–H groups in total. The molecule has 0 unspecified atom stereocenters. The van der Waals surface area contributed by atoms with Crippen LogP contribution in [0.15, 0.2) is 66.7 Å². The summed E-state index contributed by atoms with van der Waals surface area (Å²) in [5.41, 5.74) is 2.29. The number of carbonyl (C=O) groups excluding carboxylic acids is 2. The van der Waals surface area contributed by atoms with Crippen LogP contribution in [-0.4, -0.2) is 43.3 Å². The summed E-state index contributed by atoms with van der Waals surface area (Å²) < 4.78 is 27.6. The van der Waals surface area contributed by atoms with Crippen LogP contribution in [0.5, 0.6) is 0 Å². The molecule has 1 atom stereocenters. The summed E-state index contributed by atoms with van der Waals surface area (Å²) in [7, 11) is 0. The Kier molecular flexibility index (Phi) is 8.35. The van der Waals surface area contributed by atoms with Crippen LogP contribution in [0.25, 0.3) is 11.1 Å². The van der Waals surface area contributed by atoms with Crippen LogP contribution in [0.4, 0.5) is 8.78 Å². The van der Waals surface area contributed by atoms with Gasteiger partial charge in [0.1, 0.15) is 0 Å². The topological polar surface area (TPSA) is 83.5 Å². The zero-order valence-corrected chi connectivity index (χ0v) is 20.5. The molecule has 5 nitrogen and oxygen atoms in total. The van der Waals surface area contributed by atoms with Crippen molar-refractivity contribution in [2.45, 2.75) is 26.3 Å². The molecule has 0 heterocycles. The molecule has 0 aromatic heterocycles. The first-order valence-corrected chi connectivity index (χ1v) is 12.4. The van der Waals surface area contributed by atoms with Crippen molar-refractivity contribution >= 4 is 36.6 Å².